The van der Waals surface area contributed by atoms with Crippen molar-refractivity contribution in [2.45, 2.75) is 32.4 Å². The number of nitrogens with zero attached hydrogens (tertiary/aromatic N) is 1. The van der Waals surface area contributed by atoms with E-state index >= 15 is 0 Å². The van der Waals surface area contributed by atoms with E-state index in [2.05, 4.69) is 5.32 Å². The number of benzene rings is 1. The number of nitrogens with one attached hydrogen (secondary N) is 1. The molecule has 0 aliphatic carbocycles. The monoisotopic (exact) mass is 284 g/mol. The van der Waals surface area contributed by atoms with Gasteiger partial charge in [-0.3, -0.25) is 0 Å². The zero-order chi connectivity index (χ0) is 14.9. The van der Waals surface area contributed by atoms with E-state index in [1.54, 1.807) is 20.8 Å². The van der Waals surface area contributed by atoms with Gasteiger partial charge in [-0.1, -0.05) is 6.07 Å². The highest BCUT2D eigenvalue weighted by atomic mass is 19.2. The molecule has 1 aromatic rings. The van der Waals surface area contributed by atoms with Crippen LogP contribution in [0.15, 0.2) is 18.2 Å². The first-order valence-corrected chi connectivity index (χ1v) is 6.45. The molecule has 1 N–H and O–H groups in total. The molecule has 0 unspecified atom stereocenters. The molecule has 4 nitrogen and oxygen atoms in total. The molecule has 20 heavy (non-hydrogen) atoms. The Balaban J connectivity index is 1.85. The highest BCUT2D eigenvalue weighted by molar-refractivity contribution is 5.69. The minimum absolute atomic E-state index is 0.0983. The van der Waals surface area contributed by atoms with Crippen LogP contribution in [0.4, 0.5) is 19.3 Å². The highest BCUT2D eigenvalue weighted by Gasteiger charge is 2.34. The summed E-state index contributed by atoms with van der Waals surface area (Å²) in [6, 6.07) is 3.87. The smallest absolute Gasteiger partial charge is 0.410 e. The molecule has 0 aromatic heterocycles. The zero-order valence-corrected chi connectivity index (χ0v) is 11.7. The van der Waals surface area contributed by atoms with Crippen molar-refractivity contribution in [2.75, 3.05) is 18.4 Å². The summed E-state index contributed by atoms with van der Waals surface area (Å²) < 4.78 is 31.7. The molecule has 0 spiro atoms. The number of carbonyl (C=O) groups excluding carboxylic acids is 1. The Bertz CT molecular complexity index is 508. The zero-order valence-electron chi connectivity index (χ0n) is 11.7. The third-order valence-corrected chi connectivity index (χ3v) is 2.84. The van der Waals surface area contributed by atoms with Gasteiger partial charge >= 0.3 is 6.09 Å². The number of ether oxygens (including phenoxy) is 1. The Labute approximate surface area is 116 Å². The number of likely N-dealkylation sites (tertiary alicyclic amines) is 1. The SMILES string of the molecule is CC(C)(C)OC(=O)N1CC(Nc2cccc(F)c2F)C1. The highest BCUT2D eigenvalue weighted by Crippen LogP contribution is 2.21. The first-order valence-electron chi connectivity index (χ1n) is 6.45. The normalized spacial score (nSPS) is 15.8. The van der Waals surface area contributed by atoms with Gasteiger partial charge in [0.2, 0.25) is 0 Å². The molecule has 0 bridgehead atoms. The fourth-order valence-electron chi connectivity index (χ4n) is 1.88. The van der Waals surface area contributed by atoms with Gasteiger partial charge in [0, 0.05) is 13.1 Å². The minimum Gasteiger partial charge on any atom is -0.444 e. The van der Waals surface area contributed by atoms with Crippen molar-refractivity contribution in [3.8, 4) is 0 Å². The Kier molecular flexibility index (Phi) is 3.83. The molecule has 1 saturated heterocycles. The Morgan fingerprint density at radius 3 is 2.60 bits per heavy atom. The summed E-state index contributed by atoms with van der Waals surface area (Å²) in [7, 11) is 0. The van der Waals surface area contributed by atoms with Crippen LogP contribution in [0.3, 0.4) is 0 Å². The van der Waals surface area contributed by atoms with E-state index in [0.29, 0.717) is 13.1 Å². The maximum absolute atomic E-state index is 13.5. The first-order chi connectivity index (χ1) is 9.26. The standard InChI is InChI=1S/C14H18F2N2O2/c1-14(2,3)20-13(19)18-7-9(8-18)17-11-6-4-5-10(15)12(11)16/h4-6,9,17H,7-8H2,1-3H3. The van der Waals surface area contributed by atoms with Gasteiger partial charge in [-0.25, -0.2) is 13.6 Å². The summed E-state index contributed by atoms with van der Waals surface area (Å²) in [6.07, 6.45) is -0.393. The maximum atomic E-state index is 13.5. The van der Waals surface area contributed by atoms with Crippen LogP contribution in [0.2, 0.25) is 0 Å². The average molecular weight is 284 g/mol. The quantitative estimate of drug-likeness (QED) is 0.907. The molecule has 0 saturated carbocycles. The third kappa shape index (κ3) is 3.37. The van der Waals surface area contributed by atoms with Crippen molar-refractivity contribution >= 4 is 11.8 Å². The fraction of sp³-hybridized carbons (Fsp3) is 0.500. The number of anilines is 1. The van der Waals surface area contributed by atoms with E-state index in [0.717, 1.165) is 6.07 Å². The van der Waals surface area contributed by atoms with Gasteiger partial charge in [-0.05, 0) is 32.9 Å². The Morgan fingerprint density at radius 1 is 1.35 bits per heavy atom. The molecule has 0 atom stereocenters. The molecule has 1 heterocycles. The van der Waals surface area contributed by atoms with Crippen molar-refractivity contribution in [1.29, 1.82) is 0 Å². The second-order valence-electron chi connectivity index (χ2n) is 5.83. The molecular formula is C14H18F2N2O2. The lowest BCUT2D eigenvalue weighted by molar-refractivity contribution is 0.0105. The lowest BCUT2D eigenvalue weighted by atomic mass is 10.1. The third-order valence-electron chi connectivity index (χ3n) is 2.84. The lowest BCUT2D eigenvalue weighted by Gasteiger charge is -2.40. The second-order valence-corrected chi connectivity index (χ2v) is 5.83. The number of halogens is 2. The molecule has 2 rings (SSSR count). The van der Waals surface area contributed by atoms with Crippen molar-refractivity contribution in [3.63, 3.8) is 0 Å². The summed E-state index contributed by atoms with van der Waals surface area (Å²) in [5.74, 6) is -1.79. The number of amides is 1. The van der Waals surface area contributed by atoms with Crippen molar-refractivity contribution in [3.05, 3.63) is 29.8 Å². The van der Waals surface area contributed by atoms with E-state index in [1.165, 1.54) is 17.0 Å². The number of hydrogen-bond donors (Lipinski definition) is 1. The van der Waals surface area contributed by atoms with Crippen LogP contribution in [0, 0.1) is 11.6 Å². The molecule has 110 valence electrons. The predicted molar refractivity (Wildman–Crippen MR) is 71.6 cm³/mol. The molecule has 1 amide bonds. The molecular weight excluding hydrogens is 266 g/mol. The van der Waals surface area contributed by atoms with E-state index in [9.17, 15) is 13.6 Å². The van der Waals surface area contributed by atoms with E-state index in [4.69, 9.17) is 4.74 Å². The van der Waals surface area contributed by atoms with Crippen LogP contribution in [0.1, 0.15) is 20.8 Å². The van der Waals surface area contributed by atoms with E-state index in [1.807, 2.05) is 0 Å². The number of rotatable bonds is 2. The molecule has 1 aliphatic heterocycles. The van der Waals surface area contributed by atoms with Crippen LogP contribution in [0.25, 0.3) is 0 Å². The second kappa shape index (κ2) is 5.26. The molecule has 1 fully saturated rings. The van der Waals surface area contributed by atoms with Gasteiger partial charge in [0.25, 0.3) is 0 Å². The first kappa shape index (κ1) is 14.6. The number of hydrogen-bond acceptors (Lipinski definition) is 3. The van der Waals surface area contributed by atoms with Gasteiger partial charge < -0.3 is 15.0 Å². The average Bonchev–Trinajstić information content (AvgIpc) is 2.25. The van der Waals surface area contributed by atoms with Gasteiger partial charge in [0.15, 0.2) is 11.6 Å². The topological polar surface area (TPSA) is 41.6 Å². The minimum atomic E-state index is -0.900. The molecule has 0 radical (unpaired) electrons. The van der Waals surface area contributed by atoms with Gasteiger partial charge in [-0.2, -0.15) is 0 Å². The van der Waals surface area contributed by atoms with Crippen molar-refractivity contribution in [1.82, 2.24) is 4.90 Å². The summed E-state index contributed by atoms with van der Waals surface area (Å²) in [5.41, 5.74) is -0.427. The molecule has 1 aliphatic rings. The van der Waals surface area contributed by atoms with Gasteiger partial charge in [-0.15, -0.1) is 0 Å². The van der Waals surface area contributed by atoms with Crippen LogP contribution < -0.4 is 5.32 Å². The predicted octanol–water partition coefficient (Wildman–Crippen LogP) is 3.00. The summed E-state index contributed by atoms with van der Waals surface area (Å²) in [4.78, 5) is 13.2. The van der Waals surface area contributed by atoms with Gasteiger partial charge in [0.05, 0.1) is 11.7 Å². The van der Waals surface area contributed by atoms with Crippen molar-refractivity contribution < 1.29 is 18.3 Å². The molecule has 1 aromatic carbocycles. The van der Waals surface area contributed by atoms with Crippen LogP contribution in [0.5, 0.6) is 0 Å². The Hall–Kier alpha value is -1.85. The van der Waals surface area contributed by atoms with Crippen LogP contribution in [-0.2, 0) is 4.74 Å². The van der Waals surface area contributed by atoms with Gasteiger partial charge in [0.1, 0.15) is 5.60 Å². The van der Waals surface area contributed by atoms with Crippen LogP contribution in [-0.4, -0.2) is 35.7 Å². The maximum Gasteiger partial charge on any atom is 0.410 e. The van der Waals surface area contributed by atoms with E-state index < -0.39 is 23.3 Å². The summed E-state index contributed by atoms with van der Waals surface area (Å²) in [5, 5.41) is 2.87. The summed E-state index contributed by atoms with van der Waals surface area (Å²) >= 11 is 0. The number of carbonyl (C=O) groups is 1. The fourth-order valence-corrected chi connectivity index (χ4v) is 1.88. The summed E-state index contributed by atoms with van der Waals surface area (Å²) in [6.45, 7) is 6.20. The van der Waals surface area contributed by atoms with E-state index in [-0.39, 0.29) is 11.7 Å². The largest absolute Gasteiger partial charge is 0.444 e. The van der Waals surface area contributed by atoms with Crippen LogP contribution >= 0.6 is 0 Å². The lowest BCUT2D eigenvalue weighted by Crippen LogP contribution is -2.58. The Morgan fingerprint density at radius 2 is 2.00 bits per heavy atom. The van der Waals surface area contributed by atoms with Crippen molar-refractivity contribution in [2.24, 2.45) is 0 Å². The molecule has 6 heteroatoms.